The number of nitriles is 2. The van der Waals surface area contributed by atoms with Crippen LogP contribution in [0.4, 0.5) is 0 Å². The Balaban J connectivity index is 1.56. The maximum Gasteiger partial charge on any atom is 0.345 e. The molecule has 0 amide bonds. The molecule has 0 saturated heterocycles. The molecule has 6 rings (SSSR count). The smallest absolute Gasteiger partial charge is 0.345 e. The van der Waals surface area contributed by atoms with Gasteiger partial charge in [0.05, 0.1) is 40.5 Å². The highest BCUT2D eigenvalue weighted by Crippen LogP contribution is 2.50. The lowest BCUT2D eigenvalue weighted by Crippen LogP contribution is -2.32. The van der Waals surface area contributed by atoms with Gasteiger partial charge in [0.1, 0.15) is 16.4 Å². The number of rotatable bonds is 2. The van der Waals surface area contributed by atoms with E-state index >= 15 is 0 Å². The highest BCUT2D eigenvalue weighted by molar-refractivity contribution is 8.06. The van der Waals surface area contributed by atoms with E-state index in [-0.39, 0.29) is 11.4 Å². The van der Waals surface area contributed by atoms with Crippen LogP contribution < -0.4 is 11.4 Å². The highest BCUT2D eigenvalue weighted by atomic mass is 32.2. The number of thioether (sulfide) groups is 1. The molecule has 35 heavy (non-hydrogen) atoms. The van der Waals surface area contributed by atoms with E-state index in [1.54, 1.807) is 22.4 Å². The Kier molecular flexibility index (Phi) is 4.74. The van der Waals surface area contributed by atoms with Gasteiger partial charge in [-0.15, -0.1) is 0 Å². The molecule has 166 valence electrons. The summed E-state index contributed by atoms with van der Waals surface area (Å²) >= 11 is 1.31. The van der Waals surface area contributed by atoms with Gasteiger partial charge in [0, 0.05) is 10.8 Å². The predicted molar refractivity (Wildman–Crippen MR) is 136 cm³/mol. The summed E-state index contributed by atoms with van der Waals surface area (Å²) in [5.41, 5.74) is 8.80. The maximum atomic E-state index is 13.1. The molecule has 0 spiro atoms. The van der Waals surface area contributed by atoms with Crippen LogP contribution in [0.1, 0.15) is 17.0 Å². The van der Waals surface area contributed by atoms with Gasteiger partial charge >= 0.3 is 5.63 Å². The number of hydrogen-bond acceptors (Lipinski definition) is 7. The first-order valence-corrected chi connectivity index (χ1v) is 11.7. The molecule has 1 unspecified atom stereocenters. The van der Waals surface area contributed by atoms with Gasteiger partial charge in [0.2, 0.25) is 0 Å². The van der Waals surface area contributed by atoms with Crippen molar-refractivity contribution in [1.29, 1.82) is 10.5 Å². The van der Waals surface area contributed by atoms with Crippen LogP contribution in [0.25, 0.3) is 27.4 Å². The van der Waals surface area contributed by atoms with Crippen molar-refractivity contribution in [1.82, 2.24) is 4.90 Å². The van der Waals surface area contributed by atoms with E-state index in [1.165, 1.54) is 11.8 Å². The molecule has 0 radical (unpaired) electrons. The zero-order chi connectivity index (χ0) is 24.1. The van der Waals surface area contributed by atoms with E-state index in [2.05, 4.69) is 12.1 Å². The van der Waals surface area contributed by atoms with Crippen LogP contribution in [0.5, 0.6) is 0 Å². The maximum absolute atomic E-state index is 13.1. The molecule has 3 heterocycles. The lowest BCUT2D eigenvalue weighted by molar-refractivity contribution is 0.547. The third kappa shape index (κ3) is 3.07. The molecule has 2 aliphatic heterocycles. The van der Waals surface area contributed by atoms with Crippen LogP contribution in [0.15, 0.2) is 109 Å². The minimum absolute atomic E-state index is 0.198. The third-order valence-corrected chi connectivity index (χ3v) is 7.31. The Morgan fingerprint density at radius 1 is 0.914 bits per heavy atom. The lowest BCUT2D eigenvalue weighted by Gasteiger charge is -2.32. The second-order valence-electron chi connectivity index (χ2n) is 8.19. The molecule has 4 aromatic rings. The average molecular weight is 473 g/mol. The molecule has 0 aliphatic carbocycles. The molecule has 0 saturated carbocycles. The van der Waals surface area contributed by atoms with E-state index < -0.39 is 11.5 Å². The second-order valence-corrected chi connectivity index (χ2v) is 9.05. The summed E-state index contributed by atoms with van der Waals surface area (Å²) in [5, 5.41) is 25.3. The molecule has 2 aliphatic rings. The van der Waals surface area contributed by atoms with Gasteiger partial charge in [-0.2, -0.15) is 10.5 Å². The monoisotopic (exact) mass is 472 g/mol. The number of hydrogen-bond donors (Lipinski definition) is 1. The summed E-state index contributed by atoms with van der Waals surface area (Å²) in [6, 6.07) is 27.2. The first-order chi connectivity index (χ1) is 17.1. The van der Waals surface area contributed by atoms with Gasteiger partial charge < -0.3 is 10.2 Å². The number of nitrogens with two attached hydrogens (primary N) is 1. The van der Waals surface area contributed by atoms with Crippen LogP contribution in [0.2, 0.25) is 0 Å². The molecule has 6 nitrogen and oxygen atoms in total. The van der Waals surface area contributed by atoms with Crippen molar-refractivity contribution in [2.24, 2.45) is 5.73 Å². The van der Waals surface area contributed by atoms with E-state index in [9.17, 15) is 15.3 Å². The Bertz CT molecular complexity index is 1790. The van der Waals surface area contributed by atoms with Gasteiger partial charge in [-0.05, 0) is 28.5 Å². The fourth-order valence-corrected chi connectivity index (χ4v) is 5.78. The zero-order valence-corrected chi connectivity index (χ0v) is 19.0. The lowest BCUT2D eigenvalue weighted by atomic mass is 9.83. The Hall–Kier alpha value is -4.72. The van der Waals surface area contributed by atoms with Crippen molar-refractivity contribution in [2.45, 2.75) is 5.92 Å². The SMILES string of the molecule is N#CC1=C(N)N2C(c3cc4c(ccc5ccccc54)oc3=O)=CSC2=C(C#N)C1c1ccccc1. The van der Waals surface area contributed by atoms with Crippen LogP contribution in [0, 0.1) is 22.7 Å². The van der Waals surface area contributed by atoms with Gasteiger partial charge in [-0.3, -0.25) is 4.90 Å². The molecule has 1 atom stereocenters. The van der Waals surface area contributed by atoms with Gasteiger partial charge in [-0.25, -0.2) is 4.79 Å². The topological polar surface area (TPSA) is 107 Å². The molecular weight excluding hydrogens is 456 g/mol. The molecule has 3 aromatic carbocycles. The van der Waals surface area contributed by atoms with Crippen molar-refractivity contribution in [2.75, 3.05) is 0 Å². The summed E-state index contributed by atoms with van der Waals surface area (Å²) < 4.78 is 5.69. The summed E-state index contributed by atoms with van der Waals surface area (Å²) in [7, 11) is 0. The number of benzene rings is 3. The van der Waals surface area contributed by atoms with E-state index in [0.717, 1.165) is 21.7 Å². The van der Waals surface area contributed by atoms with Crippen molar-refractivity contribution >= 4 is 39.2 Å². The van der Waals surface area contributed by atoms with E-state index in [0.29, 0.717) is 27.4 Å². The summed E-state index contributed by atoms with van der Waals surface area (Å²) in [6.45, 7) is 0. The molecule has 2 N–H and O–H groups in total. The Labute approximate surface area is 204 Å². The first-order valence-electron chi connectivity index (χ1n) is 10.8. The summed E-state index contributed by atoms with van der Waals surface area (Å²) in [4.78, 5) is 14.7. The molecule has 1 aromatic heterocycles. The first kappa shape index (κ1) is 20.9. The van der Waals surface area contributed by atoms with E-state index in [4.69, 9.17) is 10.2 Å². The number of fused-ring (bicyclic) bond motifs is 4. The number of allylic oxidation sites excluding steroid dienone is 2. The van der Waals surface area contributed by atoms with Crippen molar-refractivity contribution in [3.63, 3.8) is 0 Å². The molecule has 0 bridgehead atoms. The normalized spacial score (nSPS) is 17.4. The van der Waals surface area contributed by atoms with Gasteiger partial charge in [0.15, 0.2) is 0 Å². The van der Waals surface area contributed by atoms with Crippen molar-refractivity contribution in [3.05, 3.63) is 122 Å². The van der Waals surface area contributed by atoms with Crippen LogP contribution >= 0.6 is 11.8 Å². The zero-order valence-electron chi connectivity index (χ0n) is 18.2. The van der Waals surface area contributed by atoms with Crippen LogP contribution in [0.3, 0.4) is 0 Å². The van der Waals surface area contributed by atoms with E-state index in [1.807, 2.05) is 60.7 Å². The van der Waals surface area contributed by atoms with Crippen LogP contribution in [-0.2, 0) is 0 Å². The highest BCUT2D eigenvalue weighted by Gasteiger charge is 2.40. The third-order valence-electron chi connectivity index (χ3n) is 6.34. The number of nitrogens with zero attached hydrogens (tertiary/aromatic N) is 3. The summed E-state index contributed by atoms with van der Waals surface area (Å²) in [6.07, 6.45) is 0. The second kappa shape index (κ2) is 7.95. The minimum atomic E-state index is -0.574. The molecule has 0 fully saturated rings. The van der Waals surface area contributed by atoms with Gasteiger partial charge in [-0.1, -0.05) is 72.4 Å². The van der Waals surface area contributed by atoms with Gasteiger partial charge in [0.25, 0.3) is 0 Å². The molecule has 7 heteroatoms. The largest absolute Gasteiger partial charge is 0.422 e. The Morgan fingerprint density at radius 2 is 1.66 bits per heavy atom. The fourth-order valence-electron chi connectivity index (χ4n) is 4.73. The average Bonchev–Trinajstić information content (AvgIpc) is 3.33. The minimum Gasteiger partial charge on any atom is -0.422 e. The van der Waals surface area contributed by atoms with Crippen molar-refractivity contribution in [3.8, 4) is 12.1 Å². The standard InChI is InChI=1S/C28H16N4O2S/c29-13-21-25(17-7-2-1-3-8-17)22(14-30)27-32(26(21)31)23(15-35-27)20-12-19-18-9-5-4-6-16(18)10-11-24(19)34-28(20)33/h1-12,15,25H,31H2. The van der Waals surface area contributed by atoms with Crippen molar-refractivity contribution < 1.29 is 4.42 Å². The van der Waals surface area contributed by atoms with Crippen LogP contribution in [-0.4, -0.2) is 4.90 Å². The summed E-state index contributed by atoms with van der Waals surface area (Å²) in [5.74, 6) is -0.376. The quantitative estimate of drug-likeness (QED) is 0.302. The molecular formula is C28H16N4O2S. The fraction of sp³-hybridized carbons (Fsp3) is 0.0357. The predicted octanol–water partition coefficient (Wildman–Crippen LogP) is 5.52. The Morgan fingerprint density at radius 3 is 2.43 bits per heavy atom.